The standard InChI is InChI=1S/C18H24ClN7O2/c1-18(2,3)23-22-16-15(26(27)28)17(21-12-20-16)25-9-7-24(8-10-25)14-6-4-5-13(19)11-14/h4-6,11-12,23H,7-10H2,1-3H3,(H,20,21,22). The van der Waals surface area contributed by atoms with E-state index in [0.717, 1.165) is 5.69 Å². The van der Waals surface area contributed by atoms with Gasteiger partial charge in [0.1, 0.15) is 6.33 Å². The van der Waals surface area contributed by atoms with Gasteiger partial charge in [0, 0.05) is 42.4 Å². The van der Waals surface area contributed by atoms with Crippen molar-refractivity contribution in [2.75, 3.05) is 41.4 Å². The number of anilines is 3. The van der Waals surface area contributed by atoms with E-state index in [2.05, 4.69) is 25.7 Å². The van der Waals surface area contributed by atoms with E-state index in [1.165, 1.54) is 6.33 Å². The molecule has 3 rings (SSSR count). The Morgan fingerprint density at radius 1 is 1.14 bits per heavy atom. The average Bonchev–Trinajstić information content (AvgIpc) is 2.65. The highest BCUT2D eigenvalue weighted by molar-refractivity contribution is 6.30. The van der Waals surface area contributed by atoms with Crippen LogP contribution in [0.25, 0.3) is 0 Å². The van der Waals surface area contributed by atoms with Crippen LogP contribution >= 0.6 is 11.6 Å². The Kier molecular flexibility index (Phi) is 5.85. The number of halogens is 1. The Bertz CT molecular complexity index is 848. The third-order valence-corrected chi connectivity index (χ3v) is 4.53. The fourth-order valence-electron chi connectivity index (χ4n) is 2.96. The predicted octanol–water partition coefficient (Wildman–Crippen LogP) is 3.08. The molecule has 10 heteroatoms. The first-order chi connectivity index (χ1) is 13.2. The molecular weight excluding hydrogens is 382 g/mol. The second-order valence-corrected chi connectivity index (χ2v) is 8.04. The fourth-order valence-corrected chi connectivity index (χ4v) is 3.14. The first kappa shape index (κ1) is 20.1. The molecule has 1 fully saturated rings. The number of hydrogen-bond donors (Lipinski definition) is 2. The Balaban J connectivity index is 1.77. The summed E-state index contributed by atoms with van der Waals surface area (Å²) in [6.45, 7) is 8.48. The Labute approximate surface area is 168 Å². The van der Waals surface area contributed by atoms with E-state index in [4.69, 9.17) is 11.6 Å². The van der Waals surface area contributed by atoms with E-state index < -0.39 is 4.92 Å². The van der Waals surface area contributed by atoms with Crippen molar-refractivity contribution >= 4 is 34.6 Å². The minimum atomic E-state index is -0.439. The molecule has 1 aliphatic heterocycles. The van der Waals surface area contributed by atoms with Crippen LogP contribution in [0, 0.1) is 10.1 Å². The zero-order valence-electron chi connectivity index (χ0n) is 16.1. The SMILES string of the molecule is CC(C)(C)NNc1ncnc(N2CCN(c3cccc(Cl)c3)CC2)c1[N+](=O)[O-]. The molecule has 0 unspecified atom stereocenters. The van der Waals surface area contributed by atoms with E-state index in [1.54, 1.807) is 0 Å². The number of hydrazine groups is 1. The molecule has 1 aromatic carbocycles. The van der Waals surface area contributed by atoms with Crippen molar-refractivity contribution in [3.05, 3.63) is 45.7 Å². The quantitative estimate of drug-likeness (QED) is 0.578. The summed E-state index contributed by atoms with van der Waals surface area (Å²) in [5.41, 5.74) is 6.51. The first-order valence-electron chi connectivity index (χ1n) is 9.02. The highest BCUT2D eigenvalue weighted by Crippen LogP contribution is 2.32. The molecule has 1 aromatic heterocycles. The van der Waals surface area contributed by atoms with Crippen molar-refractivity contribution in [2.24, 2.45) is 0 Å². The molecule has 9 nitrogen and oxygen atoms in total. The molecule has 150 valence electrons. The molecule has 2 heterocycles. The topological polar surface area (TPSA) is 99.5 Å². The Morgan fingerprint density at radius 3 is 2.43 bits per heavy atom. The van der Waals surface area contributed by atoms with E-state index in [0.29, 0.717) is 37.0 Å². The number of hydrogen-bond acceptors (Lipinski definition) is 8. The van der Waals surface area contributed by atoms with Crippen LogP contribution in [0.5, 0.6) is 0 Å². The van der Waals surface area contributed by atoms with Crippen LogP contribution in [0.3, 0.4) is 0 Å². The minimum Gasteiger partial charge on any atom is -0.368 e. The number of rotatable bonds is 5. The van der Waals surface area contributed by atoms with Gasteiger partial charge in [0.05, 0.1) is 4.92 Å². The molecule has 0 amide bonds. The minimum absolute atomic E-state index is 0.129. The summed E-state index contributed by atoms with van der Waals surface area (Å²) in [5.74, 6) is 0.478. The zero-order chi connectivity index (χ0) is 20.3. The van der Waals surface area contributed by atoms with Gasteiger partial charge in [0.15, 0.2) is 0 Å². The smallest absolute Gasteiger partial charge is 0.354 e. The second kappa shape index (κ2) is 8.15. The lowest BCUT2D eigenvalue weighted by Gasteiger charge is -2.36. The van der Waals surface area contributed by atoms with Crippen molar-refractivity contribution < 1.29 is 4.92 Å². The number of nitrogens with one attached hydrogen (secondary N) is 2. The van der Waals surface area contributed by atoms with E-state index in [-0.39, 0.29) is 17.0 Å². The molecule has 2 aromatic rings. The lowest BCUT2D eigenvalue weighted by molar-refractivity contribution is -0.383. The van der Waals surface area contributed by atoms with Gasteiger partial charge < -0.3 is 9.80 Å². The van der Waals surface area contributed by atoms with Crippen LogP contribution in [-0.2, 0) is 0 Å². The molecule has 1 aliphatic rings. The number of benzene rings is 1. The first-order valence-corrected chi connectivity index (χ1v) is 9.40. The van der Waals surface area contributed by atoms with E-state index >= 15 is 0 Å². The van der Waals surface area contributed by atoms with Crippen molar-refractivity contribution in [1.29, 1.82) is 0 Å². The summed E-state index contributed by atoms with van der Waals surface area (Å²) in [7, 11) is 0. The van der Waals surface area contributed by atoms with Crippen molar-refractivity contribution in [3.8, 4) is 0 Å². The highest BCUT2D eigenvalue weighted by atomic mass is 35.5. The molecule has 2 N–H and O–H groups in total. The van der Waals surface area contributed by atoms with Gasteiger partial charge in [-0.2, -0.15) is 0 Å². The van der Waals surface area contributed by atoms with Crippen LogP contribution < -0.4 is 20.7 Å². The van der Waals surface area contributed by atoms with Gasteiger partial charge in [-0.05, 0) is 39.0 Å². The maximum atomic E-state index is 11.7. The van der Waals surface area contributed by atoms with Gasteiger partial charge >= 0.3 is 5.69 Å². The number of piperazine rings is 1. The summed E-state index contributed by atoms with van der Waals surface area (Å²) >= 11 is 6.08. The predicted molar refractivity (Wildman–Crippen MR) is 111 cm³/mol. The molecule has 0 spiro atoms. The van der Waals surface area contributed by atoms with Gasteiger partial charge in [0.2, 0.25) is 11.6 Å². The molecule has 0 atom stereocenters. The third-order valence-electron chi connectivity index (χ3n) is 4.29. The van der Waals surface area contributed by atoms with E-state index in [1.807, 2.05) is 49.9 Å². The third kappa shape index (κ3) is 4.79. The molecule has 28 heavy (non-hydrogen) atoms. The molecule has 0 radical (unpaired) electrons. The van der Waals surface area contributed by atoms with Crippen molar-refractivity contribution in [1.82, 2.24) is 15.4 Å². The van der Waals surface area contributed by atoms with Crippen molar-refractivity contribution in [3.63, 3.8) is 0 Å². The molecule has 0 aliphatic carbocycles. The highest BCUT2D eigenvalue weighted by Gasteiger charge is 2.29. The van der Waals surface area contributed by atoms with Gasteiger partial charge in [-0.15, -0.1) is 0 Å². The normalized spacial score (nSPS) is 14.9. The summed E-state index contributed by atoms with van der Waals surface area (Å²) in [6, 6.07) is 7.69. The molecule has 1 saturated heterocycles. The Hall–Kier alpha value is -2.65. The maximum Gasteiger partial charge on any atom is 0.354 e. The van der Waals surface area contributed by atoms with Crippen LogP contribution in [0.15, 0.2) is 30.6 Å². The van der Waals surface area contributed by atoms with Crippen LogP contribution in [-0.4, -0.2) is 46.6 Å². The van der Waals surface area contributed by atoms with Crippen LogP contribution in [0.1, 0.15) is 20.8 Å². The van der Waals surface area contributed by atoms with Gasteiger partial charge in [-0.3, -0.25) is 15.5 Å². The lowest BCUT2D eigenvalue weighted by Crippen LogP contribution is -2.47. The summed E-state index contributed by atoms with van der Waals surface area (Å²) in [4.78, 5) is 23.7. The molecule has 0 bridgehead atoms. The Morgan fingerprint density at radius 2 is 1.82 bits per heavy atom. The summed E-state index contributed by atoms with van der Waals surface area (Å²) < 4.78 is 0. The monoisotopic (exact) mass is 405 g/mol. The van der Waals surface area contributed by atoms with Gasteiger partial charge in [-0.25, -0.2) is 15.4 Å². The summed E-state index contributed by atoms with van der Waals surface area (Å²) in [6.07, 6.45) is 1.35. The number of aromatic nitrogens is 2. The molecule has 0 saturated carbocycles. The lowest BCUT2D eigenvalue weighted by atomic mass is 10.1. The van der Waals surface area contributed by atoms with E-state index in [9.17, 15) is 10.1 Å². The maximum absolute atomic E-state index is 11.7. The van der Waals surface area contributed by atoms with Gasteiger partial charge in [0.25, 0.3) is 0 Å². The largest absolute Gasteiger partial charge is 0.368 e. The molecular formula is C18H24ClN7O2. The van der Waals surface area contributed by atoms with Crippen LogP contribution in [0.2, 0.25) is 5.02 Å². The average molecular weight is 406 g/mol. The fraction of sp³-hybridized carbons (Fsp3) is 0.444. The summed E-state index contributed by atoms with van der Waals surface area (Å²) in [5, 5.41) is 12.4. The number of nitro groups is 1. The van der Waals surface area contributed by atoms with Crippen molar-refractivity contribution in [2.45, 2.75) is 26.3 Å². The van der Waals surface area contributed by atoms with Gasteiger partial charge in [-0.1, -0.05) is 17.7 Å². The number of nitrogens with zero attached hydrogens (tertiary/aromatic N) is 5. The van der Waals surface area contributed by atoms with Crippen LogP contribution in [0.4, 0.5) is 23.0 Å². The zero-order valence-corrected chi connectivity index (χ0v) is 16.9. The second-order valence-electron chi connectivity index (χ2n) is 7.61.